The fraction of sp³-hybridized carbons (Fsp3) is 0.417. The Balaban J connectivity index is 2.60. The molecule has 2 amide bonds. The van der Waals surface area contributed by atoms with Gasteiger partial charge in [-0.05, 0) is 25.8 Å². The number of nitrogens with zero attached hydrogens (tertiary/aromatic N) is 1. The Kier molecular flexibility index (Phi) is 6.20. The van der Waals surface area contributed by atoms with Gasteiger partial charge in [0.2, 0.25) is 0 Å². The average molecular weight is 302 g/mol. The molecule has 0 saturated carbocycles. The molecular formula is C12H16ClN3O4. The van der Waals surface area contributed by atoms with Crippen LogP contribution in [0.2, 0.25) is 5.02 Å². The van der Waals surface area contributed by atoms with E-state index in [1.807, 2.05) is 6.92 Å². The summed E-state index contributed by atoms with van der Waals surface area (Å²) >= 11 is 5.86. The second-order valence-electron chi connectivity index (χ2n) is 4.29. The second-order valence-corrected chi connectivity index (χ2v) is 4.69. The summed E-state index contributed by atoms with van der Waals surface area (Å²) in [7, 11) is 0. The first kappa shape index (κ1) is 16.2. The Labute approximate surface area is 121 Å². The lowest BCUT2D eigenvalue weighted by Gasteiger charge is -2.14. The fourth-order valence-electron chi connectivity index (χ4n) is 1.57. The monoisotopic (exact) mass is 301 g/mol. The molecule has 0 heterocycles. The summed E-state index contributed by atoms with van der Waals surface area (Å²) in [6.07, 6.45) is 1.25. The van der Waals surface area contributed by atoms with Crippen LogP contribution in [0.5, 0.6) is 0 Å². The van der Waals surface area contributed by atoms with Crippen molar-refractivity contribution in [2.45, 2.75) is 25.8 Å². The summed E-state index contributed by atoms with van der Waals surface area (Å²) in [5, 5.41) is 24.5. The molecule has 0 spiro atoms. The van der Waals surface area contributed by atoms with E-state index in [1.165, 1.54) is 18.2 Å². The lowest BCUT2D eigenvalue weighted by Crippen LogP contribution is -2.36. The molecule has 0 radical (unpaired) electrons. The third kappa shape index (κ3) is 5.02. The first-order valence-electron chi connectivity index (χ1n) is 6.06. The zero-order valence-corrected chi connectivity index (χ0v) is 11.7. The molecule has 0 aromatic heterocycles. The normalized spacial score (nSPS) is 11.8. The van der Waals surface area contributed by atoms with E-state index in [-0.39, 0.29) is 23.4 Å². The molecule has 1 aromatic rings. The maximum atomic E-state index is 11.7. The van der Waals surface area contributed by atoms with Crippen molar-refractivity contribution in [3.8, 4) is 0 Å². The lowest BCUT2D eigenvalue weighted by molar-refractivity contribution is -0.384. The second kappa shape index (κ2) is 7.66. The average Bonchev–Trinajstić information content (AvgIpc) is 2.38. The summed E-state index contributed by atoms with van der Waals surface area (Å²) in [6, 6.07) is 3.26. The largest absolute Gasteiger partial charge is 0.396 e. The minimum absolute atomic E-state index is 0.0712. The molecular weight excluding hydrogens is 286 g/mol. The van der Waals surface area contributed by atoms with Gasteiger partial charge in [0.25, 0.3) is 5.69 Å². The molecule has 110 valence electrons. The van der Waals surface area contributed by atoms with Crippen LogP contribution in [0.4, 0.5) is 16.2 Å². The molecule has 0 aliphatic rings. The highest BCUT2D eigenvalue weighted by Crippen LogP contribution is 2.26. The van der Waals surface area contributed by atoms with E-state index >= 15 is 0 Å². The maximum absolute atomic E-state index is 11.7. The van der Waals surface area contributed by atoms with Crippen LogP contribution < -0.4 is 10.6 Å². The van der Waals surface area contributed by atoms with Gasteiger partial charge in [0.1, 0.15) is 0 Å². The van der Waals surface area contributed by atoms with Crippen LogP contribution in [0.25, 0.3) is 0 Å². The Morgan fingerprint density at radius 2 is 2.25 bits per heavy atom. The molecule has 1 aromatic carbocycles. The zero-order chi connectivity index (χ0) is 15.1. The van der Waals surface area contributed by atoms with Crippen molar-refractivity contribution < 1.29 is 14.8 Å². The van der Waals surface area contributed by atoms with Gasteiger partial charge in [-0.15, -0.1) is 0 Å². The van der Waals surface area contributed by atoms with Gasteiger partial charge >= 0.3 is 6.03 Å². The number of hydrogen-bond acceptors (Lipinski definition) is 4. The first-order chi connectivity index (χ1) is 9.43. The molecule has 1 rings (SSSR count). The predicted octanol–water partition coefficient (Wildman–Crippen LogP) is 2.53. The SMILES string of the molecule is CC(CCCO)NC(=O)Nc1ccc([N+](=O)[O-])cc1Cl. The van der Waals surface area contributed by atoms with Crippen LogP contribution in [0.3, 0.4) is 0 Å². The fourth-order valence-corrected chi connectivity index (χ4v) is 1.79. The number of nitro groups is 1. The number of carbonyl (C=O) groups is 1. The number of carbonyl (C=O) groups excluding carboxylic acids is 1. The predicted molar refractivity (Wildman–Crippen MR) is 76.0 cm³/mol. The molecule has 1 atom stereocenters. The number of anilines is 1. The number of benzene rings is 1. The Bertz CT molecular complexity index is 496. The Morgan fingerprint density at radius 1 is 1.55 bits per heavy atom. The number of rotatable bonds is 6. The van der Waals surface area contributed by atoms with Crippen molar-refractivity contribution >= 4 is 29.0 Å². The van der Waals surface area contributed by atoms with Crippen molar-refractivity contribution in [3.63, 3.8) is 0 Å². The van der Waals surface area contributed by atoms with Crippen LogP contribution in [-0.2, 0) is 0 Å². The molecule has 8 heteroatoms. The van der Waals surface area contributed by atoms with Gasteiger partial charge in [0, 0.05) is 24.8 Å². The first-order valence-corrected chi connectivity index (χ1v) is 6.44. The van der Waals surface area contributed by atoms with Gasteiger partial charge in [-0.2, -0.15) is 0 Å². The number of nitrogens with one attached hydrogen (secondary N) is 2. The van der Waals surface area contributed by atoms with Crippen molar-refractivity contribution in [2.75, 3.05) is 11.9 Å². The number of aliphatic hydroxyl groups is 1. The van der Waals surface area contributed by atoms with Crippen molar-refractivity contribution in [1.82, 2.24) is 5.32 Å². The number of non-ortho nitro benzene ring substituents is 1. The highest BCUT2D eigenvalue weighted by molar-refractivity contribution is 6.33. The number of halogens is 1. The van der Waals surface area contributed by atoms with Gasteiger partial charge in [0.05, 0.1) is 15.6 Å². The highest BCUT2D eigenvalue weighted by Gasteiger charge is 2.12. The number of urea groups is 1. The van der Waals surface area contributed by atoms with Crippen LogP contribution in [0.15, 0.2) is 18.2 Å². The van der Waals surface area contributed by atoms with Gasteiger partial charge in [-0.1, -0.05) is 11.6 Å². The zero-order valence-electron chi connectivity index (χ0n) is 10.9. The summed E-state index contributed by atoms with van der Waals surface area (Å²) in [5.74, 6) is 0. The summed E-state index contributed by atoms with van der Waals surface area (Å²) < 4.78 is 0. The Morgan fingerprint density at radius 3 is 2.80 bits per heavy atom. The number of hydrogen-bond donors (Lipinski definition) is 3. The highest BCUT2D eigenvalue weighted by atomic mass is 35.5. The van der Waals surface area contributed by atoms with E-state index in [4.69, 9.17) is 16.7 Å². The van der Waals surface area contributed by atoms with E-state index in [2.05, 4.69) is 10.6 Å². The van der Waals surface area contributed by atoms with Crippen LogP contribution in [0, 0.1) is 10.1 Å². The molecule has 7 nitrogen and oxygen atoms in total. The third-order valence-corrected chi connectivity index (χ3v) is 2.90. The number of aliphatic hydroxyl groups excluding tert-OH is 1. The number of nitro benzene ring substituents is 1. The summed E-state index contributed by atoms with van der Waals surface area (Å²) in [4.78, 5) is 21.7. The van der Waals surface area contributed by atoms with Crippen molar-refractivity contribution in [1.29, 1.82) is 0 Å². The smallest absolute Gasteiger partial charge is 0.319 e. The van der Waals surface area contributed by atoms with Gasteiger partial charge in [0.15, 0.2) is 0 Å². The molecule has 20 heavy (non-hydrogen) atoms. The van der Waals surface area contributed by atoms with Gasteiger partial charge in [-0.25, -0.2) is 4.79 Å². The Hall–Kier alpha value is -1.86. The minimum Gasteiger partial charge on any atom is -0.396 e. The van der Waals surface area contributed by atoms with E-state index in [1.54, 1.807) is 0 Å². The summed E-state index contributed by atoms with van der Waals surface area (Å²) in [5.41, 5.74) is 0.154. The quantitative estimate of drug-likeness (QED) is 0.554. The molecule has 0 aliphatic carbocycles. The number of amides is 2. The third-order valence-electron chi connectivity index (χ3n) is 2.58. The van der Waals surface area contributed by atoms with Crippen LogP contribution in [0.1, 0.15) is 19.8 Å². The molecule has 0 bridgehead atoms. The molecule has 0 aliphatic heterocycles. The van der Waals surface area contributed by atoms with Gasteiger partial charge in [-0.3, -0.25) is 10.1 Å². The minimum atomic E-state index is -0.563. The molecule has 3 N–H and O–H groups in total. The van der Waals surface area contributed by atoms with Crippen molar-refractivity contribution in [2.24, 2.45) is 0 Å². The summed E-state index contributed by atoms with van der Waals surface area (Å²) in [6.45, 7) is 1.88. The van der Waals surface area contributed by atoms with Crippen LogP contribution in [-0.4, -0.2) is 28.7 Å². The maximum Gasteiger partial charge on any atom is 0.319 e. The van der Waals surface area contributed by atoms with Crippen LogP contribution >= 0.6 is 11.6 Å². The molecule has 0 saturated heterocycles. The topological polar surface area (TPSA) is 104 Å². The molecule has 0 fully saturated rings. The lowest BCUT2D eigenvalue weighted by atomic mass is 10.2. The standard InChI is InChI=1S/C12H16ClN3O4/c1-8(3-2-6-17)14-12(18)15-11-5-4-9(16(19)20)7-10(11)13/h4-5,7-8,17H,2-3,6H2,1H3,(H2,14,15,18). The molecule has 1 unspecified atom stereocenters. The van der Waals surface area contributed by atoms with Gasteiger partial charge < -0.3 is 15.7 Å². The van der Waals surface area contributed by atoms with Crippen molar-refractivity contribution in [3.05, 3.63) is 33.3 Å². The van der Waals surface area contributed by atoms with E-state index < -0.39 is 11.0 Å². The van der Waals surface area contributed by atoms with E-state index in [0.29, 0.717) is 18.5 Å². The van der Waals surface area contributed by atoms with E-state index in [9.17, 15) is 14.9 Å². The van der Waals surface area contributed by atoms with E-state index in [0.717, 1.165) is 0 Å².